The highest BCUT2D eigenvalue weighted by Gasteiger charge is 2.24. The molecule has 1 aromatic heterocycles. The molecule has 0 aliphatic rings. The molecular weight excluding hydrogens is 226 g/mol. The lowest BCUT2D eigenvalue weighted by atomic mass is 10.3. The Morgan fingerprint density at radius 2 is 2.24 bits per heavy atom. The zero-order chi connectivity index (χ0) is 12.8. The summed E-state index contributed by atoms with van der Waals surface area (Å²) in [4.78, 5) is 19.4. The average Bonchev–Trinajstić information content (AvgIpc) is 2.28. The normalized spacial score (nSPS) is 10.2. The Morgan fingerprint density at radius 3 is 2.76 bits per heavy atom. The van der Waals surface area contributed by atoms with Crippen LogP contribution in [-0.4, -0.2) is 39.7 Å². The molecule has 0 bridgehead atoms. The van der Waals surface area contributed by atoms with E-state index in [1.54, 1.807) is 4.90 Å². The van der Waals surface area contributed by atoms with Crippen LogP contribution in [0.25, 0.3) is 0 Å². The van der Waals surface area contributed by atoms with E-state index in [9.17, 15) is 10.1 Å². The number of aliphatic hydroxyl groups is 1. The van der Waals surface area contributed by atoms with Crippen LogP contribution in [-0.2, 0) is 0 Å². The first-order valence-corrected chi connectivity index (χ1v) is 5.22. The van der Waals surface area contributed by atoms with Crippen molar-refractivity contribution >= 4 is 17.3 Å². The van der Waals surface area contributed by atoms with E-state index in [1.807, 2.05) is 6.92 Å². The molecule has 8 nitrogen and oxygen atoms in total. The molecule has 0 saturated heterocycles. The Hall–Kier alpha value is -1.96. The van der Waals surface area contributed by atoms with E-state index in [-0.39, 0.29) is 30.5 Å². The fourth-order valence-corrected chi connectivity index (χ4v) is 1.50. The molecule has 0 spiro atoms. The molecule has 0 aliphatic heterocycles. The highest BCUT2D eigenvalue weighted by molar-refractivity contribution is 5.68. The van der Waals surface area contributed by atoms with E-state index in [1.165, 1.54) is 6.33 Å². The second kappa shape index (κ2) is 5.94. The molecule has 0 fully saturated rings. The molecule has 0 unspecified atom stereocenters. The Kier molecular flexibility index (Phi) is 4.58. The summed E-state index contributed by atoms with van der Waals surface area (Å²) in [6.07, 6.45) is 1.96. The smallest absolute Gasteiger partial charge is 0.353 e. The van der Waals surface area contributed by atoms with Gasteiger partial charge in [0, 0.05) is 13.1 Å². The molecule has 3 N–H and O–H groups in total. The second-order valence-electron chi connectivity index (χ2n) is 3.40. The SMILES string of the molecule is CCCN(CCO)c1ncnc(N)c1[N+](=O)[O-]. The zero-order valence-corrected chi connectivity index (χ0v) is 9.54. The van der Waals surface area contributed by atoms with Crippen molar-refractivity contribution in [2.45, 2.75) is 13.3 Å². The maximum atomic E-state index is 10.9. The van der Waals surface area contributed by atoms with Crippen molar-refractivity contribution in [1.29, 1.82) is 0 Å². The van der Waals surface area contributed by atoms with Crippen molar-refractivity contribution in [1.82, 2.24) is 9.97 Å². The van der Waals surface area contributed by atoms with E-state index >= 15 is 0 Å². The number of hydrogen-bond acceptors (Lipinski definition) is 7. The van der Waals surface area contributed by atoms with E-state index < -0.39 is 4.92 Å². The maximum Gasteiger partial charge on any atom is 0.353 e. The van der Waals surface area contributed by atoms with Crippen LogP contribution in [0.2, 0.25) is 0 Å². The van der Waals surface area contributed by atoms with E-state index in [4.69, 9.17) is 10.8 Å². The number of nitrogens with two attached hydrogens (primary N) is 1. The van der Waals surface area contributed by atoms with Crippen LogP contribution in [0.3, 0.4) is 0 Å². The van der Waals surface area contributed by atoms with E-state index in [0.29, 0.717) is 6.54 Å². The number of nitrogen functional groups attached to an aromatic ring is 1. The summed E-state index contributed by atoms with van der Waals surface area (Å²) in [5.41, 5.74) is 5.16. The minimum Gasteiger partial charge on any atom is -0.395 e. The highest BCUT2D eigenvalue weighted by atomic mass is 16.6. The third kappa shape index (κ3) is 3.00. The first-order chi connectivity index (χ1) is 8.11. The quantitative estimate of drug-likeness (QED) is 0.538. The van der Waals surface area contributed by atoms with Gasteiger partial charge in [0.1, 0.15) is 6.33 Å². The van der Waals surface area contributed by atoms with Crippen molar-refractivity contribution < 1.29 is 10.0 Å². The molecular formula is C9H15N5O3. The molecule has 0 aromatic carbocycles. The second-order valence-corrected chi connectivity index (χ2v) is 3.40. The van der Waals surface area contributed by atoms with Gasteiger partial charge in [0.15, 0.2) is 0 Å². The number of aliphatic hydroxyl groups excluding tert-OH is 1. The molecule has 0 saturated carbocycles. The third-order valence-corrected chi connectivity index (χ3v) is 2.18. The molecule has 0 amide bonds. The summed E-state index contributed by atoms with van der Waals surface area (Å²) >= 11 is 0. The van der Waals surface area contributed by atoms with Crippen LogP contribution in [0.15, 0.2) is 6.33 Å². The molecule has 0 radical (unpaired) electrons. The van der Waals surface area contributed by atoms with Gasteiger partial charge < -0.3 is 15.7 Å². The lowest BCUT2D eigenvalue weighted by Crippen LogP contribution is -2.29. The largest absolute Gasteiger partial charge is 0.395 e. The highest BCUT2D eigenvalue weighted by Crippen LogP contribution is 2.29. The fourth-order valence-electron chi connectivity index (χ4n) is 1.50. The Morgan fingerprint density at radius 1 is 1.53 bits per heavy atom. The van der Waals surface area contributed by atoms with Crippen molar-refractivity contribution in [2.24, 2.45) is 0 Å². The zero-order valence-electron chi connectivity index (χ0n) is 9.54. The number of anilines is 2. The Labute approximate surface area is 98.2 Å². The number of hydrogen-bond donors (Lipinski definition) is 2. The molecule has 0 atom stereocenters. The maximum absolute atomic E-state index is 10.9. The molecule has 8 heteroatoms. The number of aromatic nitrogens is 2. The van der Waals surface area contributed by atoms with Crippen molar-refractivity contribution in [3.8, 4) is 0 Å². The van der Waals surface area contributed by atoms with Gasteiger partial charge in [-0.25, -0.2) is 9.97 Å². The molecule has 0 aliphatic carbocycles. The van der Waals surface area contributed by atoms with Gasteiger partial charge in [-0.1, -0.05) is 6.92 Å². The Bertz CT molecular complexity index is 392. The van der Waals surface area contributed by atoms with Crippen LogP contribution in [0.1, 0.15) is 13.3 Å². The molecule has 1 rings (SSSR count). The van der Waals surface area contributed by atoms with Gasteiger partial charge in [0.2, 0.25) is 11.6 Å². The number of nitrogens with zero attached hydrogens (tertiary/aromatic N) is 4. The molecule has 1 heterocycles. The van der Waals surface area contributed by atoms with Gasteiger partial charge in [-0.05, 0) is 6.42 Å². The minimum absolute atomic E-state index is 0.110. The Balaban J connectivity index is 3.17. The van der Waals surface area contributed by atoms with Crippen LogP contribution in [0.4, 0.5) is 17.3 Å². The van der Waals surface area contributed by atoms with Crippen LogP contribution < -0.4 is 10.6 Å². The summed E-state index contributed by atoms with van der Waals surface area (Å²) in [7, 11) is 0. The van der Waals surface area contributed by atoms with Crippen LogP contribution in [0.5, 0.6) is 0 Å². The first kappa shape index (κ1) is 13.1. The van der Waals surface area contributed by atoms with Gasteiger partial charge >= 0.3 is 5.69 Å². The van der Waals surface area contributed by atoms with Gasteiger partial charge in [0.05, 0.1) is 11.5 Å². The van der Waals surface area contributed by atoms with Crippen molar-refractivity contribution in [3.05, 3.63) is 16.4 Å². The van der Waals surface area contributed by atoms with Gasteiger partial charge in [0.25, 0.3) is 0 Å². The van der Waals surface area contributed by atoms with E-state index in [0.717, 1.165) is 6.42 Å². The number of nitro groups is 1. The summed E-state index contributed by atoms with van der Waals surface area (Å²) < 4.78 is 0. The lowest BCUT2D eigenvalue weighted by Gasteiger charge is -2.21. The van der Waals surface area contributed by atoms with Crippen molar-refractivity contribution in [3.63, 3.8) is 0 Å². The van der Waals surface area contributed by atoms with Crippen LogP contribution >= 0.6 is 0 Å². The van der Waals surface area contributed by atoms with Gasteiger partial charge in [-0.3, -0.25) is 10.1 Å². The standard InChI is InChI=1S/C9H15N5O3/c1-2-3-13(4-5-15)9-7(14(16)17)8(10)11-6-12-9/h6,15H,2-5H2,1H3,(H2,10,11,12). The topological polar surface area (TPSA) is 118 Å². The predicted molar refractivity (Wildman–Crippen MR) is 62.7 cm³/mol. The van der Waals surface area contributed by atoms with Gasteiger partial charge in [-0.15, -0.1) is 0 Å². The fraction of sp³-hybridized carbons (Fsp3) is 0.556. The monoisotopic (exact) mass is 241 g/mol. The summed E-state index contributed by atoms with van der Waals surface area (Å²) in [5, 5.41) is 19.8. The summed E-state index contributed by atoms with van der Waals surface area (Å²) in [5.74, 6) is -0.0163. The van der Waals surface area contributed by atoms with E-state index in [2.05, 4.69) is 9.97 Å². The lowest BCUT2D eigenvalue weighted by molar-refractivity contribution is -0.383. The molecule has 1 aromatic rings. The molecule has 17 heavy (non-hydrogen) atoms. The minimum atomic E-state index is -0.606. The number of rotatable bonds is 6. The predicted octanol–water partition coefficient (Wildman–Crippen LogP) is 0.176. The molecule has 94 valence electrons. The third-order valence-electron chi connectivity index (χ3n) is 2.18. The first-order valence-electron chi connectivity index (χ1n) is 5.22. The van der Waals surface area contributed by atoms with Crippen LogP contribution in [0, 0.1) is 10.1 Å². The van der Waals surface area contributed by atoms with Crippen molar-refractivity contribution in [2.75, 3.05) is 30.3 Å². The average molecular weight is 241 g/mol. The summed E-state index contributed by atoms with van der Waals surface area (Å²) in [6.45, 7) is 2.64. The summed E-state index contributed by atoms with van der Waals surface area (Å²) in [6, 6.07) is 0. The van der Waals surface area contributed by atoms with Gasteiger partial charge in [-0.2, -0.15) is 0 Å².